The fourth-order valence-electron chi connectivity index (χ4n) is 1.71. The van der Waals surface area contributed by atoms with Gasteiger partial charge < -0.3 is 19.9 Å². The highest BCUT2D eigenvalue weighted by molar-refractivity contribution is 5.85. The zero-order valence-electron chi connectivity index (χ0n) is 10.6. The van der Waals surface area contributed by atoms with Gasteiger partial charge in [0.05, 0.1) is 13.0 Å². The van der Waals surface area contributed by atoms with Crippen molar-refractivity contribution in [1.29, 1.82) is 0 Å². The van der Waals surface area contributed by atoms with Crippen LogP contribution in [0.1, 0.15) is 24.9 Å². The molecule has 0 bridgehead atoms. The predicted molar refractivity (Wildman–Crippen MR) is 68.1 cm³/mol. The number of benzene rings is 1. The van der Waals surface area contributed by atoms with Crippen LogP contribution < -0.4 is 15.2 Å². The summed E-state index contributed by atoms with van der Waals surface area (Å²) in [6, 6.07) is 3.52. The summed E-state index contributed by atoms with van der Waals surface area (Å²) in [5.74, 6) is -0.600. The summed E-state index contributed by atoms with van der Waals surface area (Å²) in [4.78, 5) is 11.3. The van der Waals surface area contributed by atoms with Gasteiger partial charge in [0.25, 0.3) is 0 Å². The average Bonchev–Trinajstić information content (AvgIpc) is 2.61. The Morgan fingerprint density at radius 2 is 2.05 bits per heavy atom. The van der Waals surface area contributed by atoms with Crippen LogP contribution in [0, 0.1) is 0 Å². The first-order chi connectivity index (χ1) is 8.91. The van der Waals surface area contributed by atoms with Crippen LogP contribution in [-0.2, 0) is 9.53 Å². The first kappa shape index (κ1) is 16.5. The fraction of sp³-hybridized carbons (Fsp3) is 0.417. The van der Waals surface area contributed by atoms with E-state index in [4.69, 9.17) is 10.5 Å². The molecule has 0 spiro atoms. The predicted octanol–water partition coefficient (Wildman–Crippen LogP) is 2.38. The van der Waals surface area contributed by atoms with E-state index in [9.17, 15) is 13.6 Å². The molecule has 8 heteroatoms. The Morgan fingerprint density at radius 1 is 1.40 bits per heavy atom. The Hall–Kier alpha value is -1.60. The molecule has 20 heavy (non-hydrogen) atoms. The van der Waals surface area contributed by atoms with Crippen molar-refractivity contribution in [1.82, 2.24) is 0 Å². The maximum atomic E-state index is 12.8. The number of alkyl halides is 2. The summed E-state index contributed by atoms with van der Waals surface area (Å²) in [5.41, 5.74) is 6.30. The van der Waals surface area contributed by atoms with Gasteiger partial charge in [-0.25, -0.2) is 0 Å². The number of rotatable bonds is 4. The van der Waals surface area contributed by atoms with E-state index in [0.29, 0.717) is 5.56 Å². The van der Waals surface area contributed by atoms with E-state index in [1.54, 1.807) is 6.92 Å². The molecular formula is C12H14ClF2NO4. The molecule has 2 N–H and O–H groups in total. The maximum absolute atomic E-state index is 12.8. The second-order valence-corrected chi connectivity index (χ2v) is 3.99. The molecule has 0 aliphatic carbocycles. The standard InChI is InChI=1S/C12H13F2NO4.ClH/c1-2-17-11(16)6-8(15)7-3-4-9-10(5-7)19-12(13,14)18-9;/h3-5,8H,2,6,15H2,1H3;1H/t8-;/m0./s1. The molecule has 1 aromatic rings. The van der Waals surface area contributed by atoms with E-state index in [2.05, 4.69) is 9.47 Å². The van der Waals surface area contributed by atoms with Crippen molar-refractivity contribution in [2.24, 2.45) is 5.73 Å². The van der Waals surface area contributed by atoms with Gasteiger partial charge in [0, 0.05) is 6.04 Å². The molecule has 0 amide bonds. The van der Waals surface area contributed by atoms with E-state index in [1.807, 2.05) is 0 Å². The van der Waals surface area contributed by atoms with Crippen LogP contribution in [0.25, 0.3) is 0 Å². The van der Waals surface area contributed by atoms with Gasteiger partial charge in [-0.15, -0.1) is 21.2 Å². The molecule has 0 saturated carbocycles. The first-order valence-electron chi connectivity index (χ1n) is 5.72. The molecule has 0 unspecified atom stereocenters. The highest BCUT2D eigenvalue weighted by atomic mass is 35.5. The number of carbonyl (C=O) groups excluding carboxylic acids is 1. The van der Waals surface area contributed by atoms with Crippen LogP contribution in [0.2, 0.25) is 0 Å². The highest BCUT2D eigenvalue weighted by Crippen LogP contribution is 2.42. The smallest absolute Gasteiger partial charge is 0.466 e. The van der Waals surface area contributed by atoms with Crippen LogP contribution in [-0.4, -0.2) is 18.9 Å². The number of fused-ring (bicyclic) bond motifs is 1. The summed E-state index contributed by atoms with van der Waals surface area (Å²) in [5, 5.41) is 0. The molecule has 1 atom stereocenters. The minimum absolute atomic E-state index is 0. The Balaban J connectivity index is 0.00000200. The van der Waals surface area contributed by atoms with Gasteiger partial charge in [0.2, 0.25) is 0 Å². The third kappa shape index (κ3) is 3.71. The summed E-state index contributed by atoms with van der Waals surface area (Å²) >= 11 is 0. The lowest BCUT2D eigenvalue weighted by Crippen LogP contribution is -2.25. The number of esters is 1. The van der Waals surface area contributed by atoms with Gasteiger partial charge in [-0.2, -0.15) is 0 Å². The highest BCUT2D eigenvalue weighted by Gasteiger charge is 2.43. The quantitative estimate of drug-likeness (QED) is 0.865. The van der Waals surface area contributed by atoms with Crippen LogP contribution >= 0.6 is 12.4 Å². The van der Waals surface area contributed by atoms with Crippen molar-refractivity contribution in [3.63, 3.8) is 0 Å². The normalized spacial score (nSPS) is 16.2. The topological polar surface area (TPSA) is 70.8 Å². The lowest BCUT2D eigenvalue weighted by atomic mass is 10.0. The molecule has 1 aliphatic rings. The van der Waals surface area contributed by atoms with Crippen molar-refractivity contribution in [2.75, 3.05) is 6.61 Å². The second kappa shape index (κ2) is 6.23. The third-order valence-corrected chi connectivity index (χ3v) is 2.55. The lowest BCUT2D eigenvalue weighted by Gasteiger charge is -2.11. The molecule has 0 aromatic heterocycles. The molecule has 0 fully saturated rings. The Labute approximate surface area is 120 Å². The molecule has 0 saturated heterocycles. The van der Waals surface area contributed by atoms with Gasteiger partial charge in [-0.1, -0.05) is 6.07 Å². The number of hydrogen-bond donors (Lipinski definition) is 1. The van der Waals surface area contributed by atoms with Crippen molar-refractivity contribution in [2.45, 2.75) is 25.7 Å². The van der Waals surface area contributed by atoms with Gasteiger partial charge >= 0.3 is 12.3 Å². The summed E-state index contributed by atoms with van der Waals surface area (Å²) in [7, 11) is 0. The van der Waals surface area contributed by atoms with Gasteiger partial charge in [0.15, 0.2) is 11.5 Å². The second-order valence-electron chi connectivity index (χ2n) is 3.99. The molecule has 1 aliphatic heterocycles. The SMILES string of the molecule is CCOC(=O)C[C@H](N)c1ccc2c(c1)OC(F)(F)O2.Cl. The van der Waals surface area contributed by atoms with E-state index in [0.717, 1.165) is 0 Å². The Kier molecular flexibility index (Phi) is 5.13. The molecule has 1 aromatic carbocycles. The number of carbonyl (C=O) groups is 1. The number of nitrogens with two attached hydrogens (primary N) is 1. The monoisotopic (exact) mass is 309 g/mol. The van der Waals surface area contributed by atoms with E-state index in [1.165, 1.54) is 18.2 Å². The van der Waals surface area contributed by atoms with Gasteiger partial charge in [0.1, 0.15) is 0 Å². The van der Waals surface area contributed by atoms with Crippen LogP contribution in [0.15, 0.2) is 18.2 Å². The molecule has 5 nitrogen and oxygen atoms in total. The van der Waals surface area contributed by atoms with E-state index in [-0.39, 0.29) is 36.9 Å². The van der Waals surface area contributed by atoms with Gasteiger partial charge in [-0.3, -0.25) is 4.79 Å². The maximum Gasteiger partial charge on any atom is 0.586 e. The lowest BCUT2D eigenvalue weighted by molar-refractivity contribution is -0.286. The zero-order valence-corrected chi connectivity index (χ0v) is 11.4. The fourth-order valence-corrected chi connectivity index (χ4v) is 1.71. The van der Waals surface area contributed by atoms with Crippen molar-refractivity contribution in [3.8, 4) is 11.5 Å². The van der Waals surface area contributed by atoms with Crippen molar-refractivity contribution >= 4 is 18.4 Å². The molecule has 0 radical (unpaired) electrons. The molecule has 2 rings (SSSR count). The largest absolute Gasteiger partial charge is 0.586 e. The van der Waals surface area contributed by atoms with Crippen LogP contribution in [0.4, 0.5) is 8.78 Å². The Morgan fingerprint density at radius 3 is 2.70 bits per heavy atom. The van der Waals surface area contributed by atoms with Crippen molar-refractivity contribution in [3.05, 3.63) is 23.8 Å². The van der Waals surface area contributed by atoms with Crippen molar-refractivity contribution < 1.29 is 27.8 Å². The minimum Gasteiger partial charge on any atom is -0.466 e. The summed E-state index contributed by atoms with van der Waals surface area (Å²) in [6.07, 6.45) is -3.70. The van der Waals surface area contributed by atoms with E-state index < -0.39 is 18.3 Å². The van der Waals surface area contributed by atoms with E-state index >= 15 is 0 Å². The third-order valence-electron chi connectivity index (χ3n) is 2.55. The first-order valence-corrected chi connectivity index (χ1v) is 5.72. The van der Waals surface area contributed by atoms with Gasteiger partial charge in [-0.05, 0) is 24.6 Å². The Bertz CT molecular complexity index is 498. The zero-order chi connectivity index (χ0) is 14.0. The average molecular weight is 310 g/mol. The minimum atomic E-state index is -3.66. The molecule has 1 heterocycles. The summed E-state index contributed by atoms with van der Waals surface area (Å²) < 4.78 is 39.0. The van der Waals surface area contributed by atoms with Crippen LogP contribution in [0.3, 0.4) is 0 Å². The van der Waals surface area contributed by atoms with Crippen LogP contribution in [0.5, 0.6) is 11.5 Å². The number of hydrogen-bond acceptors (Lipinski definition) is 5. The molecule has 112 valence electrons. The number of halogens is 3. The molecular weight excluding hydrogens is 296 g/mol. The summed E-state index contributed by atoms with van der Waals surface area (Å²) in [6.45, 7) is 1.95. The number of ether oxygens (including phenoxy) is 3.